The number of carbonyl (C=O) groups is 2. The molecule has 1 fully saturated rings. The Balaban J connectivity index is 2.45. The van der Waals surface area contributed by atoms with Crippen molar-refractivity contribution < 1.29 is 19.1 Å². The summed E-state index contributed by atoms with van der Waals surface area (Å²) in [4.78, 5) is 24.9. The molecule has 1 aliphatic heterocycles. The first-order valence-electron chi connectivity index (χ1n) is 6.09. The van der Waals surface area contributed by atoms with E-state index in [9.17, 15) is 9.59 Å². The first-order chi connectivity index (χ1) is 9.47. The maximum atomic E-state index is 11.7. The van der Waals surface area contributed by atoms with Gasteiger partial charge < -0.3 is 20.1 Å². The minimum atomic E-state index is -0.492. The van der Waals surface area contributed by atoms with Crippen LogP contribution in [-0.4, -0.2) is 38.6 Å². The van der Waals surface area contributed by atoms with Crippen LogP contribution in [0.3, 0.4) is 0 Å². The van der Waals surface area contributed by atoms with E-state index in [0.717, 1.165) is 0 Å². The third-order valence-corrected chi connectivity index (χ3v) is 3.27. The summed E-state index contributed by atoms with van der Waals surface area (Å²) in [5.41, 5.74) is 6.97. The molecule has 1 saturated heterocycles. The van der Waals surface area contributed by atoms with E-state index < -0.39 is 6.04 Å². The minimum Gasteiger partial charge on any atom is -0.493 e. The zero-order chi connectivity index (χ0) is 14.9. The first kappa shape index (κ1) is 14.0. The topological polar surface area (TPSA) is 93.9 Å². The molecule has 1 aliphatic rings. The molecular formula is C13H17N3O4. The molecule has 108 valence electrons. The molecule has 7 nitrogen and oxygen atoms in total. The van der Waals surface area contributed by atoms with Gasteiger partial charge in [-0.1, -0.05) is 0 Å². The number of piperazine rings is 1. The molecule has 2 rings (SSSR count). The standard InChI is InChI=1S/C13H17N3O4/c1-7-13(18)15-12(17)6-16(7)9-5-11(20-3)10(19-2)4-8(9)14/h4-5,7H,6,14H2,1-3H3,(H,15,17,18). The molecule has 0 radical (unpaired) electrons. The molecule has 0 aliphatic carbocycles. The fraction of sp³-hybridized carbons (Fsp3) is 0.385. The fourth-order valence-electron chi connectivity index (χ4n) is 2.14. The van der Waals surface area contributed by atoms with Gasteiger partial charge in [0.1, 0.15) is 6.04 Å². The van der Waals surface area contributed by atoms with Crippen LogP contribution in [0.2, 0.25) is 0 Å². The molecule has 1 unspecified atom stereocenters. The summed E-state index contributed by atoms with van der Waals surface area (Å²) in [5, 5.41) is 2.28. The van der Waals surface area contributed by atoms with Crippen LogP contribution in [0.15, 0.2) is 12.1 Å². The van der Waals surface area contributed by atoms with Gasteiger partial charge in [0, 0.05) is 12.1 Å². The number of hydrogen-bond acceptors (Lipinski definition) is 6. The molecular weight excluding hydrogens is 262 g/mol. The molecule has 7 heteroatoms. The van der Waals surface area contributed by atoms with Gasteiger partial charge in [-0.3, -0.25) is 14.9 Å². The maximum Gasteiger partial charge on any atom is 0.249 e. The van der Waals surface area contributed by atoms with E-state index in [1.54, 1.807) is 24.0 Å². The molecule has 0 spiro atoms. The van der Waals surface area contributed by atoms with Crippen molar-refractivity contribution in [3.63, 3.8) is 0 Å². The van der Waals surface area contributed by atoms with E-state index in [0.29, 0.717) is 22.9 Å². The number of nitrogen functional groups attached to an aromatic ring is 1. The summed E-state index contributed by atoms with van der Waals surface area (Å²) in [6.45, 7) is 1.77. The lowest BCUT2D eigenvalue weighted by atomic mass is 10.1. The molecule has 1 aromatic rings. The summed E-state index contributed by atoms with van der Waals surface area (Å²) in [7, 11) is 3.02. The number of hydrogen-bond donors (Lipinski definition) is 2. The van der Waals surface area contributed by atoms with E-state index in [1.807, 2.05) is 0 Å². The average molecular weight is 279 g/mol. The number of methoxy groups -OCH3 is 2. The number of imide groups is 1. The van der Waals surface area contributed by atoms with Gasteiger partial charge in [-0.05, 0) is 6.92 Å². The summed E-state index contributed by atoms with van der Waals surface area (Å²) in [5.74, 6) is 0.272. The van der Waals surface area contributed by atoms with Crippen molar-refractivity contribution >= 4 is 23.2 Å². The van der Waals surface area contributed by atoms with Crippen molar-refractivity contribution in [2.24, 2.45) is 0 Å². The minimum absolute atomic E-state index is 0.0621. The number of ether oxygens (including phenoxy) is 2. The normalized spacial score (nSPS) is 18.8. The monoisotopic (exact) mass is 279 g/mol. The highest BCUT2D eigenvalue weighted by molar-refractivity contribution is 6.05. The number of benzene rings is 1. The predicted molar refractivity (Wildman–Crippen MR) is 73.9 cm³/mol. The highest BCUT2D eigenvalue weighted by Crippen LogP contribution is 2.37. The summed E-state index contributed by atoms with van der Waals surface area (Å²) < 4.78 is 10.4. The lowest BCUT2D eigenvalue weighted by molar-refractivity contribution is -0.132. The second-order valence-corrected chi connectivity index (χ2v) is 4.48. The molecule has 2 amide bonds. The second-order valence-electron chi connectivity index (χ2n) is 4.48. The van der Waals surface area contributed by atoms with Gasteiger partial charge in [0.05, 0.1) is 32.1 Å². The van der Waals surface area contributed by atoms with E-state index in [2.05, 4.69) is 5.32 Å². The van der Waals surface area contributed by atoms with Gasteiger partial charge in [-0.25, -0.2) is 0 Å². The van der Waals surface area contributed by atoms with Gasteiger partial charge >= 0.3 is 0 Å². The SMILES string of the molecule is COc1cc(N)c(N2CC(=O)NC(=O)C2C)cc1OC. The quantitative estimate of drug-likeness (QED) is 0.603. The predicted octanol–water partition coefficient (Wildman–Crippen LogP) is 0.137. The number of rotatable bonds is 3. The number of amides is 2. The van der Waals surface area contributed by atoms with Crippen LogP contribution in [0.5, 0.6) is 11.5 Å². The van der Waals surface area contributed by atoms with Gasteiger partial charge in [0.15, 0.2) is 11.5 Å². The van der Waals surface area contributed by atoms with Crippen LogP contribution >= 0.6 is 0 Å². The zero-order valence-electron chi connectivity index (χ0n) is 11.6. The Morgan fingerprint density at radius 1 is 1.25 bits per heavy atom. The van der Waals surface area contributed by atoms with Crippen LogP contribution in [-0.2, 0) is 9.59 Å². The summed E-state index contributed by atoms with van der Waals surface area (Å²) in [6.07, 6.45) is 0. The van der Waals surface area contributed by atoms with E-state index in [4.69, 9.17) is 15.2 Å². The Bertz CT molecular complexity index is 559. The maximum absolute atomic E-state index is 11.7. The molecule has 1 atom stereocenters. The van der Waals surface area contributed by atoms with Gasteiger partial charge in [-0.2, -0.15) is 0 Å². The van der Waals surface area contributed by atoms with E-state index in [1.165, 1.54) is 14.2 Å². The average Bonchev–Trinajstić information content (AvgIpc) is 2.42. The van der Waals surface area contributed by atoms with Crippen LogP contribution < -0.4 is 25.4 Å². The first-order valence-corrected chi connectivity index (χ1v) is 6.09. The largest absolute Gasteiger partial charge is 0.493 e. The highest BCUT2D eigenvalue weighted by Gasteiger charge is 2.31. The van der Waals surface area contributed by atoms with Crippen LogP contribution in [0.4, 0.5) is 11.4 Å². The Morgan fingerprint density at radius 2 is 1.85 bits per heavy atom. The Labute approximate surface area is 116 Å². The Hall–Kier alpha value is -2.44. The lowest BCUT2D eigenvalue weighted by Gasteiger charge is -2.34. The summed E-state index contributed by atoms with van der Waals surface area (Å²) >= 11 is 0. The molecule has 0 saturated carbocycles. The Kier molecular flexibility index (Phi) is 3.69. The van der Waals surface area contributed by atoms with E-state index >= 15 is 0 Å². The molecule has 0 bridgehead atoms. The third kappa shape index (κ3) is 2.34. The smallest absolute Gasteiger partial charge is 0.249 e. The number of carbonyl (C=O) groups excluding carboxylic acids is 2. The third-order valence-electron chi connectivity index (χ3n) is 3.27. The summed E-state index contributed by atoms with van der Waals surface area (Å²) in [6, 6.07) is 2.78. The molecule has 20 heavy (non-hydrogen) atoms. The lowest BCUT2D eigenvalue weighted by Crippen LogP contribution is -2.57. The van der Waals surface area contributed by atoms with E-state index in [-0.39, 0.29) is 18.4 Å². The molecule has 3 N–H and O–H groups in total. The van der Waals surface area contributed by atoms with Gasteiger partial charge in [0.25, 0.3) is 0 Å². The van der Waals surface area contributed by atoms with Crippen molar-refractivity contribution in [1.82, 2.24) is 5.32 Å². The molecule has 0 aromatic heterocycles. The zero-order valence-corrected chi connectivity index (χ0v) is 11.6. The van der Waals surface area contributed by atoms with Crippen molar-refractivity contribution in [3.8, 4) is 11.5 Å². The fourth-order valence-corrected chi connectivity index (χ4v) is 2.14. The van der Waals surface area contributed by atoms with Crippen LogP contribution in [0.1, 0.15) is 6.92 Å². The van der Waals surface area contributed by atoms with Gasteiger partial charge in [0.2, 0.25) is 11.8 Å². The van der Waals surface area contributed by atoms with Crippen molar-refractivity contribution in [2.45, 2.75) is 13.0 Å². The Morgan fingerprint density at radius 3 is 2.45 bits per heavy atom. The van der Waals surface area contributed by atoms with Crippen molar-refractivity contribution in [1.29, 1.82) is 0 Å². The molecule has 1 heterocycles. The number of nitrogens with one attached hydrogen (secondary N) is 1. The van der Waals surface area contributed by atoms with Crippen LogP contribution in [0.25, 0.3) is 0 Å². The molecule has 1 aromatic carbocycles. The number of nitrogens with two attached hydrogens (primary N) is 1. The number of nitrogens with zero attached hydrogens (tertiary/aromatic N) is 1. The number of anilines is 2. The van der Waals surface area contributed by atoms with Crippen LogP contribution in [0, 0.1) is 0 Å². The van der Waals surface area contributed by atoms with Gasteiger partial charge in [-0.15, -0.1) is 0 Å². The second kappa shape index (κ2) is 5.28. The van der Waals surface area contributed by atoms with Crippen molar-refractivity contribution in [2.75, 3.05) is 31.4 Å². The van der Waals surface area contributed by atoms with Crippen molar-refractivity contribution in [3.05, 3.63) is 12.1 Å². The highest BCUT2D eigenvalue weighted by atomic mass is 16.5.